The molecule has 0 radical (unpaired) electrons. The zero-order valence-corrected chi connectivity index (χ0v) is 12.0. The molecule has 1 aromatic carbocycles. The van der Waals surface area contributed by atoms with Crippen LogP contribution in [0.4, 0.5) is 16.2 Å². The number of benzene rings is 1. The number of nitrogens with zero attached hydrogens (tertiary/aromatic N) is 2. The molecule has 0 bridgehead atoms. The maximum absolute atomic E-state index is 13.8. The summed E-state index contributed by atoms with van der Waals surface area (Å²) in [5.74, 6) is 0.785. The third-order valence-corrected chi connectivity index (χ3v) is 3.62. The van der Waals surface area contributed by atoms with Gasteiger partial charge in [0.25, 0.3) is 0 Å². The van der Waals surface area contributed by atoms with Gasteiger partial charge in [0, 0.05) is 18.5 Å². The summed E-state index contributed by atoms with van der Waals surface area (Å²) in [6.07, 6.45) is 3.20. The van der Waals surface area contributed by atoms with Gasteiger partial charge in [0.15, 0.2) is 11.6 Å². The molecule has 2 aromatic rings. The van der Waals surface area contributed by atoms with E-state index in [2.05, 4.69) is 39.7 Å². The Kier molecular flexibility index (Phi) is 3.99. The van der Waals surface area contributed by atoms with Crippen LogP contribution in [-0.4, -0.2) is 22.6 Å². The Labute approximate surface area is 123 Å². The van der Waals surface area contributed by atoms with Gasteiger partial charge in [-0.15, -0.1) is 0 Å². The van der Waals surface area contributed by atoms with Crippen molar-refractivity contribution >= 4 is 11.8 Å². The van der Waals surface area contributed by atoms with Crippen LogP contribution in [0.25, 0.3) is 0 Å². The third kappa shape index (κ3) is 3.29. The average molecular weight is 286 g/mol. The van der Waals surface area contributed by atoms with Crippen molar-refractivity contribution in [2.75, 3.05) is 17.2 Å². The Morgan fingerprint density at radius 2 is 2.10 bits per heavy atom. The number of hydrogen-bond acceptors (Lipinski definition) is 4. The Morgan fingerprint density at radius 3 is 2.86 bits per heavy atom. The van der Waals surface area contributed by atoms with Gasteiger partial charge < -0.3 is 10.6 Å². The fourth-order valence-corrected chi connectivity index (χ4v) is 2.39. The lowest BCUT2D eigenvalue weighted by Crippen LogP contribution is -2.11. The van der Waals surface area contributed by atoms with Crippen molar-refractivity contribution < 1.29 is 4.39 Å². The first kappa shape index (κ1) is 13.8. The highest BCUT2D eigenvalue weighted by Gasteiger charge is 2.38. The topological polar surface area (TPSA) is 49.8 Å². The summed E-state index contributed by atoms with van der Waals surface area (Å²) < 4.78 is 13.8. The monoisotopic (exact) mass is 286 g/mol. The molecule has 110 valence electrons. The van der Waals surface area contributed by atoms with Gasteiger partial charge in [-0.3, -0.25) is 0 Å². The lowest BCUT2D eigenvalue weighted by atomic mass is 10.1. The van der Waals surface area contributed by atoms with E-state index in [-0.39, 0.29) is 11.9 Å². The van der Waals surface area contributed by atoms with Crippen LogP contribution < -0.4 is 10.6 Å². The molecule has 1 aliphatic rings. The molecule has 21 heavy (non-hydrogen) atoms. The standard InChI is InChI=1S/C16H19FN4/c1-2-8-18-16-19-10-13(17)15(21-16)20-14-9-12(14)11-6-4-3-5-7-11/h3-7,10,12,14H,2,8-9H2,1H3,(H2,18,19,20,21). The van der Waals surface area contributed by atoms with E-state index in [9.17, 15) is 4.39 Å². The first-order valence-electron chi connectivity index (χ1n) is 7.36. The Balaban J connectivity index is 1.66. The van der Waals surface area contributed by atoms with Gasteiger partial charge in [0.2, 0.25) is 5.95 Å². The van der Waals surface area contributed by atoms with Crippen LogP contribution >= 0.6 is 0 Å². The maximum atomic E-state index is 13.8. The lowest BCUT2D eigenvalue weighted by Gasteiger charge is -2.09. The number of anilines is 2. The van der Waals surface area contributed by atoms with E-state index in [0.717, 1.165) is 19.4 Å². The second-order valence-electron chi connectivity index (χ2n) is 5.32. The zero-order valence-electron chi connectivity index (χ0n) is 12.0. The Bertz CT molecular complexity index is 602. The van der Waals surface area contributed by atoms with Crippen molar-refractivity contribution in [3.63, 3.8) is 0 Å². The molecule has 1 aliphatic carbocycles. The summed E-state index contributed by atoms with van der Waals surface area (Å²) in [6.45, 7) is 2.84. The molecule has 0 aliphatic heterocycles. The molecule has 2 unspecified atom stereocenters. The first-order chi connectivity index (χ1) is 10.3. The quantitative estimate of drug-likeness (QED) is 0.854. The summed E-state index contributed by atoms with van der Waals surface area (Å²) in [5, 5.41) is 6.25. The second kappa shape index (κ2) is 6.08. The van der Waals surface area contributed by atoms with Crippen LogP contribution in [0.5, 0.6) is 0 Å². The highest BCUT2D eigenvalue weighted by molar-refractivity contribution is 5.45. The molecule has 0 amide bonds. The van der Waals surface area contributed by atoms with Crippen molar-refractivity contribution in [3.8, 4) is 0 Å². The largest absolute Gasteiger partial charge is 0.364 e. The molecule has 1 heterocycles. The van der Waals surface area contributed by atoms with E-state index in [4.69, 9.17) is 0 Å². The summed E-state index contributed by atoms with van der Waals surface area (Å²) >= 11 is 0. The number of nitrogens with one attached hydrogen (secondary N) is 2. The number of hydrogen-bond donors (Lipinski definition) is 2. The highest BCUT2D eigenvalue weighted by atomic mass is 19.1. The molecule has 1 aromatic heterocycles. The van der Waals surface area contributed by atoms with Crippen LogP contribution in [0.1, 0.15) is 31.2 Å². The molecule has 0 spiro atoms. The Morgan fingerprint density at radius 1 is 1.29 bits per heavy atom. The number of aromatic nitrogens is 2. The molecule has 2 atom stereocenters. The van der Waals surface area contributed by atoms with E-state index in [1.165, 1.54) is 11.8 Å². The fraction of sp³-hybridized carbons (Fsp3) is 0.375. The fourth-order valence-electron chi connectivity index (χ4n) is 2.39. The predicted octanol–water partition coefficient (Wildman–Crippen LogP) is 3.41. The van der Waals surface area contributed by atoms with Crippen LogP contribution in [-0.2, 0) is 0 Å². The highest BCUT2D eigenvalue weighted by Crippen LogP contribution is 2.42. The van der Waals surface area contributed by atoms with Crippen LogP contribution in [0.15, 0.2) is 36.5 Å². The smallest absolute Gasteiger partial charge is 0.224 e. The molecule has 0 saturated heterocycles. The van der Waals surface area contributed by atoms with Crippen molar-refractivity contribution in [1.29, 1.82) is 0 Å². The SMILES string of the molecule is CCCNc1ncc(F)c(NC2CC2c2ccccc2)n1. The van der Waals surface area contributed by atoms with Crippen LogP contribution in [0.2, 0.25) is 0 Å². The number of rotatable bonds is 6. The lowest BCUT2D eigenvalue weighted by molar-refractivity contribution is 0.616. The molecular formula is C16H19FN4. The van der Waals surface area contributed by atoms with E-state index < -0.39 is 5.82 Å². The van der Waals surface area contributed by atoms with E-state index >= 15 is 0 Å². The van der Waals surface area contributed by atoms with E-state index in [0.29, 0.717) is 11.9 Å². The van der Waals surface area contributed by atoms with Crippen molar-refractivity contribution in [1.82, 2.24) is 9.97 Å². The molecule has 3 rings (SSSR count). The normalized spacial score (nSPS) is 20.1. The van der Waals surface area contributed by atoms with Crippen molar-refractivity contribution in [2.45, 2.75) is 31.7 Å². The molecule has 1 saturated carbocycles. The van der Waals surface area contributed by atoms with Crippen LogP contribution in [0, 0.1) is 5.82 Å². The minimum atomic E-state index is -0.407. The van der Waals surface area contributed by atoms with Gasteiger partial charge >= 0.3 is 0 Å². The summed E-state index contributed by atoms with van der Waals surface area (Å²) in [6, 6.07) is 10.5. The van der Waals surface area contributed by atoms with E-state index in [1.807, 2.05) is 18.2 Å². The van der Waals surface area contributed by atoms with Crippen molar-refractivity contribution in [3.05, 3.63) is 47.9 Å². The molecule has 4 nitrogen and oxygen atoms in total. The zero-order chi connectivity index (χ0) is 14.7. The van der Waals surface area contributed by atoms with Gasteiger partial charge in [0.05, 0.1) is 6.20 Å². The summed E-state index contributed by atoms with van der Waals surface area (Å²) in [5.41, 5.74) is 1.29. The molecular weight excluding hydrogens is 267 g/mol. The minimum Gasteiger partial charge on any atom is -0.364 e. The third-order valence-electron chi connectivity index (χ3n) is 3.62. The maximum Gasteiger partial charge on any atom is 0.224 e. The van der Waals surface area contributed by atoms with Gasteiger partial charge in [-0.25, -0.2) is 9.37 Å². The van der Waals surface area contributed by atoms with Gasteiger partial charge in [-0.1, -0.05) is 37.3 Å². The van der Waals surface area contributed by atoms with Crippen LogP contribution in [0.3, 0.4) is 0 Å². The van der Waals surface area contributed by atoms with Gasteiger partial charge in [-0.2, -0.15) is 4.98 Å². The second-order valence-corrected chi connectivity index (χ2v) is 5.32. The van der Waals surface area contributed by atoms with Crippen molar-refractivity contribution in [2.24, 2.45) is 0 Å². The predicted molar refractivity (Wildman–Crippen MR) is 82.0 cm³/mol. The van der Waals surface area contributed by atoms with E-state index in [1.54, 1.807) is 0 Å². The summed E-state index contributed by atoms with van der Waals surface area (Å²) in [7, 11) is 0. The minimum absolute atomic E-state index is 0.246. The Hall–Kier alpha value is -2.17. The number of halogens is 1. The molecule has 5 heteroatoms. The summed E-state index contributed by atoms with van der Waals surface area (Å²) in [4.78, 5) is 8.15. The average Bonchev–Trinajstić information content (AvgIpc) is 3.28. The molecule has 1 fully saturated rings. The first-order valence-corrected chi connectivity index (χ1v) is 7.36. The molecule has 2 N–H and O–H groups in total. The van der Waals surface area contributed by atoms with Gasteiger partial charge in [-0.05, 0) is 18.4 Å². The van der Waals surface area contributed by atoms with Gasteiger partial charge in [0.1, 0.15) is 0 Å².